The van der Waals surface area contributed by atoms with Crippen molar-refractivity contribution in [1.82, 2.24) is 0 Å². The van der Waals surface area contributed by atoms with E-state index in [-0.39, 0.29) is 11.3 Å². The molecule has 0 aromatic heterocycles. The van der Waals surface area contributed by atoms with E-state index in [1.54, 1.807) is 0 Å². The predicted molar refractivity (Wildman–Crippen MR) is 77.2 cm³/mol. The summed E-state index contributed by atoms with van der Waals surface area (Å²) >= 11 is 0. The van der Waals surface area contributed by atoms with Crippen molar-refractivity contribution in [2.24, 2.45) is 0 Å². The van der Waals surface area contributed by atoms with Crippen LogP contribution in [0.1, 0.15) is 0 Å². The molecular formula is C12H11N3O5S. The summed E-state index contributed by atoms with van der Waals surface area (Å²) in [5, 5.41) is 10.8. The Morgan fingerprint density at radius 3 is 2.14 bits per heavy atom. The van der Waals surface area contributed by atoms with Gasteiger partial charge in [-0.3, -0.25) is 14.7 Å². The molecule has 0 amide bonds. The minimum Gasteiger partial charge on any atom is -0.399 e. The van der Waals surface area contributed by atoms with Crippen LogP contribution in [0.4, 0.5) is 17.1 Å². The van der Waals surface area contributed by atoms with Gasteiger partial charge in [-0.1, -0.05) is 12.1 Å². The average molecular weight is 309 g/mol. The quantitative estimate of drug-likeness (QED) is 0.338. The van der Waals surface area contributed by atoms with E-state index < -0.39 is 25.6 Å². The predicted octanol–water partition coefficient (Wildman–Crippen LogP) is 1.67. The van der Waals surface area contributed by atoms with Gasteiger partial charge in [-0.25, -0.2) is 0 Å². The number of hydrogen-bond donors (Lipinski definition) is 3. The lowest BCUT2D eigenvalue weighted by Gasteiger charge is -2.11. The van der Waals surface area contributed by atoms with E-state index in [9.17, 15) is 23.1 Å². The minimum absolute atomic E-state index is 0.0110. The van der Waals surface area contributed by atoms with Gasteiger partial charge in [0.25, 0.3) is 15.8 Å². The second-order valence-electron chi connectivity index (χ2n) is 4.26. The smallest absolute Gasteiger partial charge is 0.295 e. The van der Waals surface area contributed by atoms with Crippen LogP contribution >= 0.6 is 0 Å². The third kappa shape index (κ3) is 2.93. The summed E-state index contributed by atoms with van der Waals surface area (Å²) in [4.78, 5) is 9.36. The van der Waals surface area contributed by atoms with Crippen LogP contribution in [0.5, 0.6) is 0 Å². The highest BCUT2D eigenvalue weighted by Gasteiger charge is 2.24. The van der Waals surface area contributed by atoms with Crippen molar-refractivity contribution in [3.05, 3.63) is 46.5 Å². The van der Waals surface area contributed by atoms with Gasteiger partial charge in [-0.2, -0.15) is 8.42 Å². The molecule has 0 saturated heterocycles. The maximum atomic E-state index is 11.5. The Hall–Kier alpha value is -2.65. The molecule has 0 radical (unpaired) electrons. The highest BCUT2D eigenvalue weighted by Crippen LogP contribution is 2.36. The van der Waals surface area contributed by atoms with E-state index >= 15 is 0 Å². The van der Waals surface area contributed by atoms with Gasteiger partial charge in [0.15, 0.2) is 0 Å². The fourth-order valence-electron chi connectivity index (χ4n) is 1.89. The lowest BCUT2D eigenvalue weighted by molar-refractivity contribution is -0.385. The molecule has 0 saturated carbocycles. The minimum atomic E-state index is -4.69. The number of rotatable bonds is 3. The third-order valence-electron chi connectivity index (χ3n) is 2.81. The Kier molecular flexibility index (Phi) is 3.54. The second-order valence-corrected chi connectivity index (χ2v) is 5.65. The number of nitro benzene ring substituents is 1. The van der Waals surface area contributed by atoms with E-state index in [0.29, 0.717) is 11.3 Å². The first-order chi connectivity index (χ1) is 9.70. The van der Waals surface area contributed by atoms with Gasteiger partial charge < -0.3 is 11.5 Å². The van der Waals surface area contributed by atoms with Gasteiger partial charge in [0, 0.05) is 29.1 Å². The Morgan fingerprint density at radius 1 is 1.10 bits per heavy atom. The lowest BCUT2D eigenvalue weighted by Crippen LogP contribution is -2.05. The van der Waals surface area contributed by atoms with Crippen LogP contribution in [0, 0.1) is 10.1 Å². The van der Waals surface area contributed by atoms with Crippen LogP contribution in [0.3, 0.4) is 0 Å². The van der Waals surface area contributed by atoms with E-state index in [1.165, 1.54) is 24.3 Å². The summed E-state index contributed by atoms with van der Waals surface area (Å²) in [6.45, 7) is 0. The molecule has 0 aliphatic rings. The number of nitrogen functional groups attached to an aromatic ring is 2. The van der Waals surface area contributed by atoms with Crippen molar-refractivity contribution in [3.8, 4) is 11.1 Å². The van der Waals surface area contributed by atoms with Crippen molar-refractivity contribution in [1.29, 1.82) is 0 Å². The van der Waals surface area contributed by atoms with Gasteiger partial charge in [0.2, 0.25) is 0 Å². The fraction of sp³-hybridized carbons (Fsp3) is 0. The normalized spacial score (nSPS) is 11.3. The maximum absolute atomic E-state index is 11.5. The van der Waals surface area contributed by atoms with Crippen LogP contribution in [-0.2, 0) is 10.1 Å². The number of non-ortho nitro benzene ring substituents is 1. The molecule has 0 spiro atoms. The molecule has 110 valence electrons. The highest BCUT2D eigenvalue weighted by atomic mass is 32.2. The Balaban J connectivity index is 2.81. The molecule has 0 bridgehead atoms. The van der Waals surface area contributed by atoms with E-state index in [0.717, 1.165) is 12.1 Å². The van der Waals surface area contributed by atoms with Crippen molar-refractivity contribution < 1.29 is 17.9 Å². The zero-order chi connectivity index (χ0) is 15.8. The molecule has 0 unspecified atom stereocenters. The molecular weight excluding hydrogens is 298 g/mol. The number of hydrogen-bond acceptors (Lipinski definition) is 6. The molecule has 21 heavy (non-hydrogen) atoms. The van der Waals surface area contributed by atoms with Crippen LogP contribution in [0.2, 0.25) is 0 Å². The highest BCUT2D eigenvalue weighted by molar-refractivity contribution is 7.86. The van der Waals surface area contributed by atoms with E-state index in [2.05, 4.69) is 0 Å². The topological polar surface area (TPSA) is 150 Å². The number of benzene rings is 2. The van der Waals surface area contributed by atoms with E-state index in [4.69, 9.17) is 11.5 Å². The van der Waals surface area contributed by atoms with Crippen molar-refractivity contribution in [3.63, 3.8) is 0 Å². The molecule has 9 heteroatoms. The summed E-state index contributed by atoms with van der Waals surface area (Å²) < 4.78 is 32.2. The SMILES string of the molecule is Nc1ccc(-c2c(N)cc([N+](=O)[O-])cc2S(=O)(=O)O)cc1. The lowest BCUT2D eigenvalue weighted by atomic mass is 10.0. The molecule has 0 aliphatic heterocycles. The number of nitrogens with zero attached hydrogens (tertiary/aromatic N) is 1. The Morgan fingerprint density at radius 2 is 1.67 bits per heavy atom. The molecule has 0 atom stereocenters. The third-order valence-corrected chi connectivity index (χ3v) is 3.68. The number of anilines is 2. The Bertz CT molecular complexity index is 816. The molecule has 0 fully saturated rings. The summed E-state index contributed by atoms with van der Waals surface area (Å²) in [5.41, 5.74) is 11.4. The fourth-order valence-corrected chi connectivity index (χ4v) is 2.65. The average Bonchev–Trinajstić information content (AvgIpc) is 2.38. The van der Waals surface area contributed by atoms with Crippen LogP contribution in [0.15, 0.2) is 41.3 Å². The van der Waals surface area contributed by atoms with E-state index in [1.807, 2.05) is 0 Å². The molecule has 0 heterocycles. The number of nitro groups is 1. The first-order valence-electron chi connectivity index (χ1n) is 5.61. The van der Waals surface area contributed by atoms with Gasteiger partial charge in [0.05, 0.1) is 4.92 Å². The first-order valence-corrected chi connectivity index (χ1v) is 7.05. The van der Waals surface area contributed by atoms with Crippen molar-refractivity contribution in [2.75, 3.05) is 11.5 Å². The summed E-state index contributed by atoms with van der Waals surface area (Å²) in [6.07, 6.45) is 0. The summed E-state index contributed by atoms with van der Waals surface area (Å²) in [5.74, 6) is 0. The van der Waals surface area contributed by atoms with Gasteiger partial charge in [-0.05, 0) is 17.7 Å². The van der Waals surface area contributed by atoms with Gasteiger partial charge >= 0.3 is 0 Å². The first kappa shape index (κ1) is 14.8. The zero-order valence-electron chi connectivity index (χ0n) is 10.6. The number of nitrogens with two attached hydrogens (primary N) is 2. The molecule has 5 N–H and O–H groups in total. The van der Waals surface area contributed by atoms with Crippen LogP contribution in [-0.4, -0.2) is 17.9 Å². The van der Waals surface area contributed by atoms with Crippen LogP contribution in [0.25, 0.3) is 11.1 Å². The van der Waals surface area contributed by atoms with Crippen molar-refractivity contribution >= 4 is 27.2 Å². The van der Waals surface area contributed by atoms with Gasteiger partial charge in [0.1, 0.15) is 4.90 Å². The second kappa shape index (κ2) is 5.04. The summed E-state index contributed by atoms with van der Waals surface area (Å²) in [6, 6.07) is 7.83. The standard InChI is InChI=1S/C12H11N3O5S/c13-8-3-1-7(2-4-8)12-10(14)5-9(15(16)17)6-11(12)21(18,19)20/h1-6H,13-14H2,(H,18,19,20). The van der Waals surface area contributed by atoms with Crippen LogP contribution < -0.4 is 11.5 Å². The Labute approximate surface area is 119 Å². The largest absolute Gasteiger partial charge is 0.399 e. The molecule has 2 aromatic rings. The molecule has 8 nitrogen and oxygen atoms in total. The monoisotopic (exact) mass is 309 g/mol. The summed E-state index contributed by atoms with van der Waals surface area (Å²) in [7, 11) is -4.69. The van der Waals surface area contributed by atoms with Crippen molar-refractivity contribution in [2.45, 2.75) is 4.90 Å². The molecule has 2 aromatic carbocycles. The molecule has 0 aliphatic carbocycles. The molecule has 2 rings (SSSR count). The maximum Gasteiger partial charge on any atom is 0.295 e. The van der Waals surface area contributed by atoms with Gasteiger partial charge in [-0.15, -0.1) is 0 Å². The zero-order valence-corrected chi connectivity index (χ0v) is 11.4.